The van der Waals surface area contributed by atoms with Crippen molar-refractivity contribution in [3.8, 4) is 0 Å². The number of carbonyl (C=O) groups excluding carboxylic acids is 1. The van der Waals surface area contributed by atoms with Crippen LogP contribution in [0, 0.1) is 0 Å². The van der Waals surface area contributed by atoms with Crippen LogP contribution in [0.1, 0.15) is 77.6 Å². The number of carbonyl (C=O) groups is 1. The van der Waals surface area contributed by atoms with Crippen LogP contribution in [-0.2, 0) is 19.0 Å². The van der Waals surface area contributed by atoms with E-state index >= 15 is 0 Å². The Kier molecular flexibility index (Phi) is 13.8. The number of hydrogen-bond donors (Lipinski definition) is 0. The van der Waals surface area contributed by atoms with Gasteiger partial charge in [0.25, 0.3) is 0 Å². The number of allylic oxidation sites excluding steroid dienone is 1. The fourth-order valence-electron chi connectivity index (χ4n) is 3.55. The molecule has 4 nitrogen and oxygen atoms in total. The zero-order chi connectivity index (χ0) is 20.7. The second kappa shape index (κ2) is 15.2. The highest BCUT2D eigenvalue weighted by molar-refractivity contribution is 6.76. The highest BCUT2D eigenvalue weighted by Crippen LogP contribution is 2.19. The van der Waals surface area contributed by atoms with E-state index in [2.05, 4.69) is 25.7 Å². The molecule has 1 unspecified atom stereocenters. The van der Waals surface area contributed by atoms with Gasteiger partial charge in [0.05, 0.1) is 0 Å². The van der Waals surface area contributed by atoms with Gasteiger partial charge in [0.15, 0.2) is 6.29 Å². The van der Waals surface area contributed by atoms with Crippen molar-refractivity contribution in [3.63, 3.8) is 0 Å². The average molecular weight is 413 g/mol. The Bertz CT molecular complexity index is 436. The summed E-state index contributed by atoms with van der Waals surface area (Å²) < 4.78 is 16.6. The van der Waals surface area contributed by atoms with E-state index in [4.69, 9.17) is 14.2 Å². The van der Waals surface area contributed by atoms with Crippen LogP contribution in [0.2, 0.25) is 25.7 Å². The molecule has 1 atom stereocenters. The first-order valence-electron chi connectivity index (χ1n) is 11.4. The molecule has 5 heteroatoms. The molecule has 28 heavy (non-hydrogen) atoms. The van der Waals surface area contributed by atoms with E-state index in [-0.39, 0.29) is 12.3 Å². The summed E-state index contributed by atoms with van der Waals surface area (Å²) in [6, 6.07) is 1.12. The van der Waals surface area contributed by atoms with E-state index in [1.807, 2.05) is 0 Å². The third-order valence-electron chi connectivity index (χ3n) is 4.94. The number of esters is 1. The summed E-state index contributed by atoms with van der Waals surface area (Å²) in [6.45, 7) is 10.8. The van der Waals surface area contributed by atoms with E-state index in [1.165, 1.54) is 63.9 Å². The van der Waals surface area contributed by atoms with E-state index in [0.29, 0.717) is 6.61 Å². The van der Waals surface area contributed by atoms with Crippen molar-refractivity contribution in [2.75, 3.05) is 19.8 Å². The van der Waals surface area contributed by atoms with Gasteiger partial charge in [-0.05, 0) is 50.1 Å². The van der Waals surface area contributed by atoms with Crippen molar-refractivity contribution >= 4 is 14.0 Å². The topological polar surface area (TPSA) is 44.8 Å². The second-order valence-corrected chi connectivity index (χ2v) is 14.8. The molecule has 0 N–H and O–H groups in total. The predicted octanol–water partition coefficient (Wildman–Crippen LogP) is 6.48. The van der Waals surface area contributed by atoms with Crippen molar-refractivity contribution in [1.82, 2.24) is 0 Å². The van der Waals surface area contributed by atoms with Crippen LogP contribution < -0.4 is 0 Å². The molecule has 1 fully saturated rings. The van der Waals surface area contributed by atoms with Crippen LogP contribution in [0.5, 0.6) is 0 Å². The van der Waals surface area contributed by atoms with Gasteiger partial charge >= 0.3 is 5.97 Å². The summed E-state index contributed by atoms with van der Waals surface area (Å²) in [7, 11) is -1.18. The highest BCUT2D eigenvalue weighted by atomic mass is 28.3. The third kappa shape index (κ3) is 15.3. The van der Waals surface area contributed by atoms with Gasteiger partial charge in [0.1, 0.15) is 6.61 Å². The molecule has 1 saturated heterocycles. The van der Waals surface area contributed by atoms with Gasteiger partial charge in [-0.3, -0.25) is 4.79 Å². The van der Waals surface area contributed by atoms with Gasteiger partial charge in [0, 0.05) is 28.2 Å². The van der Waals surface area contributed by atoms with Crippen LogP contribution in [0.4, 0.5) is 0 Å². The first-order valence-corrected chi connectivity index (χ1v) is 15.1. The Hall–Kier alpha value is -0.653. The normalized spacial score (nSPS) is 18.3. The fraction of sp³-hybridized carbons (Fsp3) is 0.870. The summed E-state index contributed by atoms with van der Waals surface area (Å²) in [5, 5.41) is 0. The SMILES string of the molecule is CC(=O)OC/C(=C/CCCCCCCCCOC1CCCCO1)C[Si](C)(C)C. The van der Waals surface area contributed by atoms with Gasteiger partial charge in [-0.25, -0.2) is 0 Å². The Balaban J connectivity index is 2.00. The van der Waals surface area contributed by atoms with Crippen molar-refractivity contribution in [3.05, 3.63) is 11.6 Å². The fourth-order valence-corrected chi connectivity index (χ4v) is 5.16. The number of rotatable bonds is 15. The maximum Gasteiger partial charge on any atom is 0.302 e. The predicted molar refractivity (Wildman–Crippen MR) is 119 cm³/mol. The summed E-state index contributed by atoms with van der Waals surface area (Å²) in [5.74, 6) is -0.182. The van der Waals surface area contributed by atoms with Crippen LogP contribution >= 0.6 is 0 Å². The minimum absolute atomic E-state index is 0.0634. The molecule has 0 saturated carbocycles. The lowest BCUT2D eigenvalue weighted by Gasteiger charge is -2.22. The second-order valence-electron chi connectivity index (χ2n) is 9.31. The van der Waals surface area contributed by atoms with E-state index in [1.54, 1.807) is 0 Å². The van der Waals surface area contributed by atoms with Crippen LogP contribution in [0.15, 0.2) is 11.6 Å². The lowest BCUT2D eigenvalue weighted by molar-refractivity contribution is -0.162. The first kappa shape index (κ1) is 25.4. The smallest absolute Gasteiger partial charge is 0.302 e. The van der Waals surface area contributed by atoms with E-state index < -0.39 is 8.07 Å². The molecule has 164 valence electrons. The molecule has 1 aliphatic heterocycles. The maximum absolute atomic E-state index is 11.1. The largest absolute Gasteiger partial charge is 0.461 e. The average Bonchev–Trinajstić information content (AvgIpc) is 2.63. The molecule has 1 rings (SSSR count). The number of ether oxygens (including phenoxy) is 3. The summed E-state index contributed by atoms with van der Waals surface area (Å²) in [5.41, 5.74) is 1.32. The Morgan fingerprint density at radius 2 is 1.71 bits per heavy atom. The molecule has 1 aliphatic rings. The van der Waals surface area contributed by atoms with E-state index in [0.717, 1.165) is 38.5 Å². The van der Waals surface area contributed by atoms with Crippen LogP contribution in [0.3, 0.4) is 0 Å². The molecule has 0 aromatic carbocycles. The molecule has 0 radical (unpaired) electrons. The highest BCUT2D eigenvalue weighted by Gasteiger charge is 2.16. The van der Waals surface area contributed by atoms with Gasteiger partial charge in [-0.1, -0.05) is 57.8 Å². The number of unbranched alkanes of at least 4 members (excludes halogenated alkanes) is 7. The first-order chi connectivity index (χ1) is 13.4. The standard InChI is InChI=1S/C23H44O4Si/c1-21(24)27-19-22(20-28(2,3)4)15-11-9-7-5-6-8-10-13-17-25-23-16-12-14-18-26-23/h15,23H,5-14,16-20H2,1-4H3/b22-15-. The lowest BCUT2D eigenvalue weighted by Crippen LogP contribution is -2.22. The van der Waals surface area contributed by atoms with Crippen molar-refractivity contribution in [1.29, 1.82) is 0 Å². The van der Waals surface area contributed by atoms with Crippen LogP contribution in [0.25, 0.3) is 0 Å². The zero-order valence-electron chi connectivity index (χ0n) is 18.9. The Morgan fingerprint density at radius 3 is 2.32 bits per heavy atom. The van der Waals surface area contributed by atoms with Crippen molar-refractivity contribution < 1.29 is 19.0 Å². The Morgan fingerprint density at radius 1 is 1.04 bits per heavy atom. The van der Waals surface area contributed by atoms with Crippen molar-refractivity contribution in [2.45, 2.75) is 110 Å². The quantitative estimate of drug-likeness (QED) is 0.134. The zero-order valence-corrected chi connectivity index (χ0v) is 19.9. The van der Waals surface area contributed by atoms with Gasteiger partial charge < -0.3 is 14.2 Å². The van der Waals surface area contributed by atoms with E-state index in [9.17, 15) is 4.79 Å². The van der Waals surface area contributed by atoms with Crippen molar-refractivity contribution in [2.24, 2.45) is 0 Å². The number of hydrogen-bond acceptors (Lipinski definition) is 4. The molecule has 0 bridgehead atoms. The molecule has 0 aliphatic carbocycles. The molecule has 0 aromatic heterocycles. The Labute approximate surface area is 174 Å². The van der Waals surface area contributed by atoms with Gasteiger partial charge in [-0.15, -0.1) is 0 Å². The van der Waals surface area contributed by atoms with Gasteiger partial charge in [0.2, 0.25) is 0 Å². The summed E-state index contributed by atoms with van der Waals surface area (Å²) >= 11 is 0. The maximum atomic E-state index is 11.1. The third-order valence-corrected chi connectivity index (χ3v) is 6.46. The molecule has 0 aromatic rings. The lowest BCUT2D eigenvalue weighted by atomic mass is 10.1. The molecule has 0 amide bonds. The summed E-state index contributed by atoms with van der Waals surface area (Å²) in [4.78, 5) is 11.1. The van der Waals surface area contributed by atoms with Gasteiger partial charge in [-0.2, -0.15) is 0 Å². The summed E-state index contributed by atoms with van der Waals surface area (Å²) in [6.07, 6.45) is 15.8. The van der Waals surface area contributed by atoms with Crippen LogP contribution in [-0.4, -0.2) is 40.2 Å². The monoisotopic (exact) mass is 412 g/mol. The molecule has 1 heterocycles. The molecule has 0 spiro atoms. The minimum Gasteiger partial charge on any atom is -0.461 e. The molecular formula is C23H44O4Si. The minimum atomic E-state index is -1.18. The molecular weight excluding hydrogens is 368 g/mol.